The third kappa shape index (κ3) is 3.92. The zero-order valence-corrected chi connectivity index (χ0v) is 17.1. The lowest BCUT2D eigenvalue weighted by molar-refractivity contribution is -0.121. The van der Waals surface area contributed by atoms with Gasteiger partial charge >= 0.3 is 0 Å². The Morgan fingerprint density at radius 3 is 2.67 bits per heavy atom. The van der Waals surface area contributed by atoms with Crippen molar-refractivity contribution in [3.8, 4) is 5.75 Å². The fraction of sp³-hybridized carbons (Fsp3) is 0.391. The van der Waals surface area contributed by atoms with E-state index in [1.54, 1.807) is 25.3 Å². The molecule has 0 radical (unpaired) electrons. The number of rotatable bonds is 7. The first kappa shape index (κ1) is 20.1. The zero-order valence-electron chi connectivity index (χ0n) is 17.1. The van der Waals surface area contributed by atoms with Crippen LogP contribution in [0.5, 0.6) is 5.75 Å². The molecule has 1 N–H and O–H groups in total. The number of fused-ring (bicyclic) bond motifs is 1. The van der Waals surface area contributed by atoms with Gasteiger partial charge in [0.15, 0.2) is 0 Å². The zero-order chi connectivity index (χ0) is 21.0. The van der Waals surface area contributed by atoms with E-state index < -0.39 is 0 Å². The fourth-order valence-electron chi connectivity index (χ4n) is 4.41. The van der Waals surface area contributed by atoms with Gasteiger partial charge in [-0.1, -0.05) is 48.4 Å². The number of amides is 1. The first-order chi connectivity index (χ1) is 14.6. The molecule has 7 nitrogen and oxygen atoms in total. The highest BCUT2D eigenvalue weighted by atomic mass is 16.5. The number of nitrogens with one attached hydrogen (secondary N) is 1. The maximum absolute atomic E-state index is 12.6. The summed E-state index contributed by atoms with van der Waals surface area (Å²) in [5, 5.41) is 11.6. The molecular formula is C23H26N4O3. The number of hydrogen-bond acceptors (Lipinski definition) is 5. The van der Waals surface area contributed by atoms with Crippen LogP contribution in [0, 0.1) is 0 Å². The largest absolute Gasteiger partial charge is 0.496 e. The predicted molar refractivity (Wildman–Crippen MR) is 115 cm³/mol. The number of para-hydroxylation sites is 1. The van der Waals surface area contributed by atoms with Gasteiger partial charge in [-0.15, -0.1) is 5.10 Å². The van der Waals surface area contributed by atoms with E-state index in [1.807, 2.05) is 24.3 Å². The summed E-state index contributed by atoms with van der Waals surface area (Å²) in [5.74, 6) is 0.768. The van der Waals surface area contributed by atoms with Crippen LogP contribution in [0.25, 0.3) is 10.9 Å². The monoisotopic (exact) mass is 406 g/mol. The molecule has 0 unspecified atom stereocenters. The molecule has 0 aliphatic heterocycles. The molecule has 4 rings (SSSR count). The second kappa shape index (κ2) is 8.65. The number of carbonyl (C=O) groups is 1. The summed E-state index contributed by atoms with van der Waals surface area (Å²) >= 11 is 0. The minimum absolute atomic E-state index is 0.0990. The Balaban J connectivity index is 1.43. The topological polar surface area (TPSA) is 86.1 Å². The number of nitrogens with zero attached hydrogens (tertiary/aromatic N) is 3. The maximum Gasteiger partial charge on any atom is 0.277 e. The summed E-state index contributed by atoms with van der Waals surface area (Å²) in [7, 11) is 1.68. The third-order valence-electron chi connectivity index (χ3n) is 6.04. The molecule has 0 saturated heterocycles. The van der Waals surface area contributed by atoms with Gasteiger partial charge in [0, 0.05) is 23.9 Å². The molecule has 1 aromatic heterocycles. The summed E-state index contributed by atoms with van der Waals surface area (Å²) in [6, 6.07) is 15.1. The van der Waals surface area contributed by atoms with E-state index in [2.05, 4.69) is 21.7 Å². The average Bonchev–Trinajstić information content (AvgIpc) is 3.27. The average molecular weight is 406 g/mol. The molecular weight excluding hydrogens is 380 g/mol. The minimum atomic E-state index is -0.227. The lowest BCUT2D eigenvalue weighted by Gasteiger charge is -2.31. The quantitative estimate of drug-likeness (QED) is 0.652. The Bertz CT molecular complexity index is 1100. The summed E-state index contributed by atoms with van der Waals surface area (Å²) < 4.78 is 6.83. The van der Waals surface area contributed by atoms with Gasteiger partial charge in [-0.05, 0) is 31.0 Å². The number of carbonyl (C=O) groups excluding carboxylic acids is 1. The third-order valence-corrected chi connectivity index (χ3v) is 6.04. The van der Waals surface area contributed by atoms with Crippen molar-refractivity contribution in [3.63, 3.8) is 0 Å². The highest BCUT2D eigenvalue weighted by Gasteiger charge is 2.37. The molecule has 2 aromatic carbocycles. The molecule has 1 aliphatic rings. The summed E-state index contributed by atoms with van der Waals surface area (Å²) in [6.45, 7) is 0.759. The van der Waals surface area contributed by atoms with Crippen molar-refractivity contribution in [1.29, 1.82) is 0 Å². The number of hydrogen-bond donors (Lipinski definition) is 1. The van der Waals surface area contributed by atoms with Gasteiger partial charge in [0.2, 0.25) is 5.91 Å². The van der Waals surface area contributed by atoms with Crippen LogP contribution in [0.1, 0.15) is 37.7 Å². The van der Waals surface area contributed by atoms with Crippen molar-refractivity contribution in [3.05, 3.63) is 64.4 Å². The van der Waals surface area contributed by atoms with Crippen LogP contribution < -0.4 is 15.6 Å². The predicted octanol–water partition coefficient (Wildman–Crippen LogP) is 2.82. The van der Waals surface area contributed by atoms with Crippen molar-refractivity contribution in [2.24, 2.45) is 0 Å². The van der Waals surface area contributed by atoms with Gasteiger partial charge in [-0.2, -0.15) is 0 Å². The van der Waals surface area contributed by atoms with Crippen LogP contribution in [0.2, 0.25) is 0 Å². The summed E-state index contributed by atoms with van der Waals surface area (Å²) in [4.78, 5) is 25.1. The van der Waals surface area contributed by atoms with Crippen molar-refractivity contribution in [1.82, 2.24) is 20.3 Å². The molecule has 1 heterocycles. The van der Waals surface area contributed by atoms with Crippen LogP contribution in [0.3, 0.4) is 0 Å². The number of aromatic nitrogens is 3. The van der Waals surface area contributed by atoms with E-state index in [9.17, 15) is 9.59 Å². The van der Waals surface area contributed by atoms with Gasteiger partial charge < -0.3 is 10.1 Å². The normalized spacial score (nSPS) is 15.2. The van der Waals surface area contributed by atoms with E-state index >= 15 is 0 Å². The molecule has 156 valence electrons. The van der Waals surface area contributed by atoms with E-state index in [-0.39, 0.29) is 29.8 Å². The molecule has 0 spiro atoms. The number of ether oxygens (including phenoxy) is 1. The van der Waals surface area contributed by atoms with Gasteiger partial charge in [0.05, 0.1) is 19.0 Å². The van der Waals surface area contributed by atoms with E-state index in [1.165, 1.54) is 4.68 Å². The second-order valence-electron chi connectivity index (χ2n) is 7.85. The van der Waals surface area contributed by atoms with Crippen LogP contribution in [-0.2, 0) is 16.8 Å². The van der Waals surface area contributed by atoms with Crippen molar-refractivity contribution >= 4 is 16.8 Å². The second-order valence-corrected chi connectivity index (χ2v) is 7.85. The lowest BCUT2D eigenvalue weighted by Crippen LogP contribution is -2.40. The van der Waals surface area contributed by atoms with Gasteiger partial charge in [-0.3, -0.25) is 9.59 Å². The van der Waals surface area contributed by atoms with Crippen LogP contribution in [-0.4, -0.2) is 34.6 Å². The van der Waals surface area contributed by atoms with Crippen LogP contribution in [0.15, 0.2) is 53.3 Å². The van der Waals surface area contributed by atoms with Crippen molar-refractivity contribution in [2.75, 3.05) is 13.7 Å². The molecule has 7 heteroatoms. The molecule has 1 saturated carbocycles. The smallest absolute Gasteiger partial charge is 0.277 e. The van der Waals surface area contributed by atoms with E-state index in [0.717, 1.165) is 37.0 Å². The van der Waals surface area contributed by atoms with Crippen molar-refractivity contribution < 1.29 is 9.53 Å². The Morgan fingerprint density at radius 2 is 1.87 bits per heavy atom. The molecule has 1 aliphatic carbocycles. The molecule has 1 fully saturated rings. The van der Waals surface area contributed by atoms with E-state index in [4.69, 9.17) is 4.74 Å². The van der Waals surface area contributed by atoms with Gasteiger partial charge in [0.25, 0.3) is 5.56 Å². The summed E-state index contributed by atoms with van der Waals surface area (Å²) in [5.41, 5.74) is 1.38. The number of benzene rings is 2. The minimum Gasteiger partial charge on any atom is -0.496 e. The van der Waals surface area contributed by atoms with Gasteiger partial charge in [0.1, 0.15) is 11.3 Å². The van der Waals surface area contributed by atoms with Crippen molar-refractivity contribution in [2.45, 2.75) is 44.1 Å². The number of methoxy groups -OCH3 is 1. The molecule has 1 amide bonds. The maximum atomic E-state index is 12.6. The van der Waals surface area contributed by atoms with Crippen LogP contribution in [0.4, 0.5) is 0 Å². The first-order valence-electron chi connectivity index (χ1n) is 10.4. The van der Waals surface area contributed by atoms with Gasteiger partial charge in [-0.25, -0.2) is 4.68 Å². The molecule has 0 atom stereocenters. The Kier molecular flexibility index (Phi) is 5.79. The summed E-state index contributed by atoms with van der Waals surface area (Å²) in [6.07, 6.45) is 4.48. The molecule has 3 aromatic rings. The standard InChI is InChI=1S/C23H26N4O3/c1-30-20-11-5-3-9-18(20)23(13-6-7-14-23)16-24-21(28)12-15-27-22(29)17-8-2-4-10-19(17)25-26-27/h2-5,8-11H,6-7,12-16H2,1H3,(H,24,28). The molecule has 30 heavy (non-hydrogen) atoms. The molecule has 0 bridgehead atoms. The van der Waals surface area contributed by atoms with Crippen LogP contribution >= 0.6 is 0 Å². The Labute approximate surface area is 175 Å². The number of aryl methyl sites for hydroxylation is 1. The highest BCUT2D eigenvalue weighted by molar-refractivity contribution is 5.77. The highest BCUT2D eigenvalue weighted by Crippen LogP contribution is 2.44. The SMILES string of the molecule is COc1ccccc1C1(CNC(=O)CCn2nnc3ccccc3c2=O)CCCC1. The Morgan fingerprint density at radius 1 is 1.13 bits per heavy atom. The first-order valence-corrected chi connectivity index (χ1v) is 10.4. The van der Waals surface area contributed by atoms with E-state index in [0.29, 0.717) is 17.4 Å². The Hall–Kier alpha value is -3.22. The fourth-order valence-corrected chi connectivity index (χ4v) is 4.41. The lowest BCUT2D eigenvalue weighted by atomic mass is 9.78.